The van der Waals surface area contributed by atoms with Crippen molar-refractivity contribution < 1.29 is 5.11 Å². The van der Waals surface area contributed by atoms with Gasteiger partial charge in [-0.15, -0.1) is 0 Å². The van der Waals surface area contributed by atoms with Crippen molar-refractivity contribution in [3.05, 3.63) is 0 Å². The second-order valence-electron chi connectivity index (χ2n) is 5.68. The van der Waals surface area contributed by atoms with Crippen LogP contribution in [-0.4, -0.2) is 17.9 Å². The van der Waals surface area contributed by atoms with Crippen LogP contribution in [0.25, 0.3) is 0 Å². The first kappa shape index (κ1) is 12.0. The van der Waals surface area contributed by atoms with Crippen LogP contribution in [0, 0.1) is 11.3 Å². The van der Waals surface area contributed by atoms with Crippen molar-refractivity contribution in [2.45, 2.75) is 59.1 Å². The Morgan fingerprint density at radius 1 is 1.21 bits per heavy atom. The molecule has 1 rings (SSSR count). The Morgan fingerprint density at radius 3 is 2.29 bits per heavy atom. The van der Waals surface area contributed by atoms with E-state index in [4.69, 9.17) is 0 Å². The van der Waals surface area contributed by atoms with Crippen molar-refractivity contribution in [2.75, 3.05) is 6.54 Å². The van der Waals surface area contributed by atoms with Gasteiger partial charge in [-0.2, -0.15) is 0 Å². The molecule has 0 saturated heterocycles. The van der Waals surface area contributed by atoms with E-state index in [9.17, 15) is 5.11 Å². The number of hydrogen-bond acceptors (Lipinski definition) is 2. The minimum absolute atomic E-state index is 0.0470. The highest BCUT2D eigenvalue weighted by molar-refractivity contribution is 4.74. The van der Waals surface area contributed by atoms with E-state index in [1.165, 1.54) is 32.1 Å². The molecule has 1 aliphatic rings. The van der Waals surface area contributed by atoms with Gasteiger partial charge in [-0.3, -0.25) is 5.32 Å². The fraction of sp³-hybridized carbons (Fsp3) is 1.00. The van der Waals surface area contributed by atoms with Gasteiger partial charge in [-0.1, -0.05) is 40.0 Å². The highest BCUT2D eigenvalue weighted by Crippen LogP contribution is 2.24. The number of hydrogen-bond donors (Lipinski definition) is 2. The molecule has 1 saturated carbocycles. The van der Waals surface area contributed by atoms with Crippen molar-refractivity contribution >= 4 is 0 Å². The van der Waals surface area contributed by atoms with E-state index in [2.05, 4.69) is 26.1 Å². The van der Waals surface area contributed by atoms with Crippen LogP contribution in [0.5, 0.6) is 0 Å². The van der Waals surface area contributed by atoms with E-state index >= 15 is 0 Å². The summed E-state index contributed by atoms with van der Waals surface area (Å²) in [5.74, 6) is 0.792. The predicted molar refractivity (Wildman–Crippen MR) is 60.0 cm³/mol. The Kier molecular flexibility index (Phi) is 4.39. The maximum atomic E-state index is 9.81. The lowest BCUT2D eigenvalue weighted by Gasteiger charge is -2.29. The summed E-state index contributed by atoms with van der Waals surface area (Å²) in [6.45, 7) is 7.17. The van der Waals surface area contributed by atoms with Gasteiger partial charge >= 0.3 is 0 Å². The van der Waals surface area contributed by atoms with Gasteiger partial charge in [0.25, 0.3) is 0 Å². The maximum Gasteiger partial charge on any atom is 0.109 e. The molecule has 0 aliphatic heterocycles. The lowest BCUT2D eigenvalue weighted by atomic mass is 9.88. The van der Waals surface area contributed by atoms with Crippen molar-refractivity contribution in [2.24, 2.45) is 11.3 Å². The summed E-state index contributed by atoms with van der Waals surface area (Å²) in [7, 11) is 0. The van der Waals surface area contributed by atoms with E-state index in [0.29, 0.717) is 0 Å². The van der Waals surface area contributed by atoms with Gasteiger partial charge in [-0.25, -0.2) is 0 Å². The van der Waals surface area contributed by atoms with Crippen LogP contribution in [-0.2, 0) is 0 Å². The average Bonchev–Trinajstić information content (AvgIpc) is 2.14. The van der Waals surface area contributed by atoms with E-state index < -0.39 is 0 Å². The first-order valence-corrected chi connectivity index (χ1v) is 5.91. The zero-order chi connectivity index (χ0) is 10.6. The van der Waals surface area contributed by atoms with Crippen molar-refractivity contribution in [1.29, 1.82) is 0 Å². The number of aliphatic hydroxyl groups excluding tert-OH is 1. The predicted octanol–water partition coefficient (Wildman–Crippen LogP) is 2.52. The van der Waals surface area contributed by atoms with E-state index in [1.807, 2.05) is 0 Å². The molecule has 14 heavy (non-hydrogen) atoms. The molecule has 0 aromatic heterocycles. The van der Waals surface area contributed by atoms with E-state index in [0.717, 1.165) is 12.5 Å². The summed E-state index contributed by atoms with van der Waals surface area (Å²) >= 11 is 0. The summed E-state index contributed by atoms with van der Waals surface area (Å²) in [6, 6.07) is 0. The second-order valence-corrected chi connectivity index (χ2v) is 5.68. The minimum Gasteiger partial charge on any atom is -0.378 e. The summed E-state index contributed by atoms with van der Waals surface area (Å²) in [5, 5.41) is 13.1. The fourth-order valence-electron chi connectivity index (χ4n) is 1.98. The molecule has 0 radical (unpaired) electrons. The Balaban J connectivity index is 2.19. The Labute approximate surface area is 88.1 Å². The molecule has 0 bridgehead atoms. The van der Waals surface area contributed by atoms with Gasteiger partial charge in [0.05, 0.1) is 0 Å². The third-order valence-electron chi connectivity index (χ3n) is 3.14. The van der Waals surface area contributed by atoms with E-state index in [1.54, 1.807) is 0 Å². The quantitative estimate of drug-likeness (QED) is 0.685. The highest BCUT2D eigenvalue weighted by Gasteiger charge is 2.22. The van der Waals surface area contributed by atoms with Gasteiger partial charge in [0.1, 0.15) is 6.23 Å². The molecule has 1 fully saturated rings. The molecule has 0 amide bonds. The molecular formula is C12H25NO. The number of rotatable bonds is 3. The highest BCUT2D eigenvalue weighted by atomic mass is 16.3. The largest absolute Gasteiger partial charge is 0.378 e. The summed E-state index contributed by atoms with van der Waals surface area (Å²) < 4.78 is 0. The zero-order valence-corrected chi connectivity index (χ0v) is 9.84. The normalized spacial score (nSPS) is 22.3. The Morgan fingerprint density at radius 2 is 1.79 bits per heavy atom. The van der Waals surface area contributed by atoms with Gasteiger partial charge in [0, 0.05) is 12.0 Å². The van der Waals surface area contributed by atoms with Gasteiger partial charge in [0.2, 0.25) is 0 Å². The molecule has 0 aromatic carbocycles. The van der Waals surface area contributed by atoms with Crippen LogP contribution in [0.3, 0.4) is 0 Å². The molecule has 1 atom stereocenters. The summed E-state index contributed by atoms with van der Waals surface area (Å²) in [6.07, 6.45) is 6.45. The van der Waals surface area contributed by atoms with Crippen LogP contribution in [0.15, 0.2) is 0 Å². The third-order valence-corrected chi connectivity index (χ3v) is 3.14. The number of aliphatic hydroxyl groups is 1. The minimum atomic E-state index is -0.371. The SMILES string of the molecule is CC(C)(C)C(O)NCC1CCCCC1. The maximum absolute atomic E-state index is 9.81. The molecule has 1 unspecified atom stereocenters. The Hall–Kier alpha value is -0.0800. The van der Waals surface area contributed by atoms with Gasteiger partial charge < -0.3 is 5.11 Å². The van der Waals surface area contributed by atoms with E-state index in [-0.39, 0.29) is 11.6 Å². The Bertz CT molecular complexity index is 156. The molecule has 2 nitrogen and oxygen atoms in total. The lowest BCUT2D eigenvalue weighted by Crippen LogP contribution is -2.42. The first-order valence-electron chi connectivity index (χ1n) is 5.91. The first-order chi connectivity index (χ1) is 6.50. The zero-order valence-electron chi connectivity index (χ0n) is 9.84. The fourth-order valence-corrected chi connectivity index (χ4v) is 1.98. The van der Waals surface area contributed by atoms with Gasteiger partial charge in [-0.05, 0) is 18.8 Å². The molecule has 0 aromatic rings. The number of nitrogens with one attached hydrogen (secondary N) is 1. The lowest BCUT2D eigenvalue weighted by molar-refractivity contribution is 0.0285. The molecule has 0 spiro atoms. The summed E-state index contributed by atoms with van der Waals surface area (Å²) in [5.41, 5.74) is -0.0470. The molecule has 2 N–H and O–H groups in total. The van der Waals surface area contributed by atoms with Crippen LogP contribution in [0.1, 0.15) is 52.9 Å². The van der Waals surface area contributed by atoms with Crippen LogP contribution in [0.2, 0.25) is 0 Å². The van der Waals surface area contributed by atoms with Crippen LogP contribution < -0.4 is 5.32 Å². The summed E-state index contributed by atoms with van der Waals surface area (Å²) in [4.78, 5) is 0. The van der Waals surface area contributed by atoms with Crippen molar-refractivity contribution in [3.63, 3.8) is 0 Å². The molecule has 1 aliphatic carbocycles. The second kappa shape index (κ2) is 5.13. The van der Waals surface area contributed by atoms with Crippen molar-refractivity contribution in [3.8, 4) is 0 Å². The molecule has 0 heterocycles. The standard InChI is InChI=1S/C12H25NO/c1-12(2,3)11(14)13-9-10-7-5-4-6-8-10/h10-11,13-14H,4-9H2,1-3H3. The van der Waals surface area contributed by atoms with Gasteiger partial charge in [0.15, 0.2) is 0 Å². The monoisotopic (exact) mass is 199 g/mol. The van der Waals surface area contributed by atoms with Crippen molar-refractivity contribution in [1.82, 2.24) is 5.32 Å². The topological polar surface area (TPSA) is 32.3 Å². The third kappa shape index (κ3) is 3.97. The molecule has 84 valence electrons. The average molecular weight is 199 g/mol. The van der Waals surface area contributed by atoms with Crippen LogP contribution in [0.4, 0.5) is 0 Å². The smallest absolute Gasteiger partial charge is 0.109 e. The molecule has 2 heteroatoms. The van der Waals surface area contributed by atoms with Crippen LogP contribution >= 0.6 is 0 Å². The molecular weight excluding hydrogens is 174 g/mol.